The summed E-state index contributed by atoms with van der Waals surface area (Å²) in [5, 5.41) is 0. The average Bonchev–Trinajstić information content (AvgIpc) is 2.33. The van der Waals surface area contributed by atoms with Gasteiger partial charge in [-0.2, -0.15) is 0 Å². The molecule has 0 aromatic heterocycles. The number of ether oxygens (including phenoxy) is 1. The van der Waals surface area contributed by atoms with Crippen LogP contribution in [0.3, 0.4) is 0 Å². The van der Waals surface area contributed by atoms with Crippen molar-refractivity contribution < 1.29 is 21.6 Å². The van der Waals surface area contributed by atoms with Gasteiger partial charge < -0.3 is 4.74 Å². The third-order valence-electron chi connectivity index (χ3n) is 3.04. The summed E-state index contributed by atoms with van der Waals surface area (Å²) in [7, 11) is -1.56. The van der Waals surface area contributed by atoms with E-state index in [1.165, 1.54) is 12.1 Å². The van der Waals surface area contributed by atoms with Crippen LogP contribution in [0, 0.1) is 13.8 Å². The van der Waals surface area contributed by atoms with Gasteiger partial charge in [-0.05, 0) is 37.1 Å². The minimum atomic E-state index is -3.80. The summed E-state index contributed by atoms with van der Waals surface area (Å²) in [6.45, 7) is 4.93. The van der Waals surface area contributed by atoms with Crippen LogP contribution in [0.5, 0.6) is 5.75 Å². The zero-order valence-corrected chi connectivity index (χ0v) is 13.9. The predicted molar refractivity (Wildman–Crippen MR) is 78.8 cm³/mol. The summed E-state index contributed by atoms with van der Waals surface area (Å²) in [5.41, 5.74) is 1.12. The molecule has 1 aromatic rings. The van der Waals surface area contributed by atoms with Crippen LogP contribution in [0.1, 0.15) is 18.1 Å². The fraction of sp³-hybridized carbons (Fsp3) is 0.500. The second kappa shape index (κ2) is 6.32. The second-order valence-electron chi connectivity index (χ2n) is 4.33. The topological polar surface area (TPSA) is 77.5 Å². The molecule has 0 N–H and O–H groups in total. The van der Waals surface area contributed by atoms with Crippen molar-refractivity contribution in [3.63, 3.8) is 0 Å². The van der Waals surface area contributed by atoms with Gasteiger partial charge >= 0.3 is 0 Å². The standard InChI is InChI=1S/C12H17ClO5S2/c1-4-19(14,15)8-7-18-11-5-6-12(20(13,16)17)10(3)9(11)2/h5-6H,4,7-8H2,1-3H3. The smallest absolute Gasteiger partial charge is 0.261 e. The Balaban J connectivity index is 2.93. The average molecular weight is 341 g/mol. The molecule has 114 valence electrons. The van der Waals surface area contributed by atoms with Crippen molar-refractivity contribution in [2.24, 2.45) is 0 Å². The fourth-order valence-electron chi connectivity index (χ4n) is 1.61. The summed E-state index contributed by atoms with van der Waals surface area (Å²) in [6, 6.07) is 2.84. The minimum absolute atomic E-state index is 0.0312. The first-order chi connectivity index (χ1) is 9.08. The number of sulfone groups is 1. The van der Waals surface area contributed by atoms with E-state index in [1.807, 2.05) is 0 Å². The molecule has 0 spiro atoms. The van der Waals surface area contributed by atoms with Crippen LogP contribution in [0.4, 0.5) is 0 Å². The highest BCUT2D eigenvalue weighted by molar-refractivity contribution is 8.13. The SMILES string of the molecule is CCS(=O)(=O)CCOc1ccc(S(=O)(=O)Cl)c(C)c1C. The summed E-state index contributed by atoms with van der Waals surface area (Å²) >= 11 is 0. The van der Waals surface area contributed by atoms with Gasteiger partial charge in [0.15, 0.2) is 9.84 Å². The van der Waals surface area contributed by atoms with Crippen LogP contribution in [-0.2, 0) is 18.9 Å². The molecular formula is C12H17ClO5S2. The summed E-state index contributed by atoms with van der Waals surface area (Å²) in [4.78, 5) is 0.0326. The largest absolute Gasteiger partial charge is 0.492 e. The molecule has 0 bridgehead atoms. The third kappa shape index (κ3) is 4.36. The van der Waals surface area contributed by atoms with Gasteiger partial charge in [-0.1, -0.05) is 6.92 Å². The lowest BCUT2D eigenvalue weighted by atomic mass is 10.1. The fourth-order valence-corrected chi connectivity index (χ4v) is 3.49. The van der Waals surface area contributed by atoms with E-state index < -0.39 is 18.9 Å². The van der Waals surface area contributed by atoms with Crippen LogP contribution < -0.4 is 4.74 Å². The first-order valence-corrected chi connectivity index (χ1v) is 10.1. The molecule has 0 fully saturated rings. The van der Waals surface area contributed by atoms with Gasteiger partial charge in [0.1, 0.15) is 12.4 Å². The van der Waals surface area contributed by atoms with Gasteiger partial charge in [-0.15, -0.1) is 0 Å². The Labute approximate surface area is 124 Å². The quantitative estimate of drug-likeness (QED) is 0.740. The molecule has 1 aromatic carbocycles. The zero-order valence-electron chi connectivity index (χ0n) is 11.5. The maximum atomic E-state index is 11.4. The molecule has 0 aliphatic carbocycles. The van der Waals surface area contributed by atoms with Crippen LogP contribution in [0.25, 0.3) is 0 Å². The molecule has 1 rings (SSSR count). The minimum Gasteiger partial charge on any atom is -0.492 e. The lowest BCUT2D eigenvalue weighted by Gasteiger charge is -2.13. The van der Waals surface area contributed by atoms with Crippen molar-refractivity contribution in [3.05, 3.63) is 23.3 Å². The Hall–Kier alpha value is -0.790. The molecule has 5 nitrogen and oxygen atoms in total. The van der Waals surface area contributed by atoms with Gasteiger partial charge in [0.05, 0.1) is 10.6 Å². The number of halogens is 1. The first kappa shape index (κ1) is 17.3. The van der Waals surface area contributed by atoms with Gasteiger partial charge in [0.25, 0.3) is 9.05 Å². The Bertz CT molecular complexity index is 693. The Morgan fingerprint density at radius 1 is 1.10 bits per heavy atom. The lowest BCUT2D eigenvalue weighted by Crippen LogP contribution is -2.16. The van der Waals surface area contributed by atoms with Crippen molar-refractivity contribution in [3.8, 4) is 5.75 Å². The molecule has 0 heterocycles. The second-order valence-corrected chi connectivity index (χ2v) is 9.34. The van der Waals surface area contributed by atoms with Gasteiger partial charge in [-0.3, -0.25) is 0 Å². The van der Waals surface area contributed by atoms with Crippen molar-refractivity contribution in [1.29, 1.82) is 0 Å². The highest BCUT2D eigenvalue weighted by Crippen LogP contribution is 2.28. The summed E-state index contributed by atoms with van der Waals surface area (Å²) in [5.74, 6) is 0.452. The van der Waals surface area contributed by atoms with Gasteiger partial charge in [-0.25, -0.2) is 16.8 Å². The Morgan fingerprint density at radius 3 is 2.20 bits per heavy atom. The highest BCUT2D eigenvalue weighted by atomic mass is 35.7. The van der Waals surface area contributed by atoms with Gasteiger partial charge in [0.2, 0.25) is 0 Å². The van der Waals surface area contributed by atoms with Crippen molar-refractivity contribution in [2.45, 2.75) is 25.7 Å². The predicted octanol–water partition coefficient (Wildman–Crippen LogP) is 2.04. The van der Waals surface area contributed by atoms with Crippen LogP contribution in [-0.4, -0.2) is 34.9 Å². The van der Waals surface area contributed by atoms with E-state index >= 15 is 0 Å². The number of benzene rings is 1. The molecule has 0 radical (unpaired) electrons. The first-order valence-electron chi connectivity index (χ1n) is 5.96. The normalized spacial score (nSPS) is 12.4. The zero-order chi connectivity index (χ0) is 15.6. The molecule has 0 aliphatic rings. The lowest BCUT2D eigenvalue weighted by molar-refractivity contribution is 0.338. The number of hydrogen-bond donors (Lipinski definition) is 0. The monoisotopic (exact) mass is 340 g/mol. The van der Waals surface area contributed by atoms with Crippen LogP contribution >= 0.6 is 10.7 Å². The van der Waals surface area contributed by atoms with Crippen LogP contribution in [0.2, 0.25) is 0 Å². The maximum absolute atomic E-state index is 11.4. The van der Waals surface area contributed by atoms with E-state index in [-0.39, 0.29) is 23.0 Å². The molecule has 0 unspecified atom stereocenters. The molecule has 8 heteroatoms. The molecule has 20 heavy (non-hydrogen) atoms. The maximum Gasteiger partial charge on any atom is 0.261 e. The van der Waals surface area contributed by atoms with Crippen molar-refractivity contribution in [1.82, 2.24) is 0 Å². The van der Waals surface area contributed by atoms with E-state index in [9.17, 15) is 16.8 Å². The molecule has 0 saturated heterocycles. The molecule has 0 amide bonds. The third-order valence-corrected chi connectivity index (χ3v) is 6.18. The van der Waals surface area contributed by atoms with Crippen LogP contribution in [0.15, 0.2) is 17.0 Å². The molecule has 0 aliphatic heterocycles. The molecule has 0 saturated carbocycles. The van der Waals surface area contributed by atoms with E-state index in [0.29, 0.717) is 16.9 Å². The number of rotatable bonds is 6. The van der Waals surface area contributed by atoms with E-state index in [1.54, 1.807) is 20.8 Å². The Morgan fingerprint density at radius 2 is 1.70 bits per heavy atom. The number of hydrogen-bond acceptors (Lipinski definition) is 5. The van der Waals surface area contributed by atoms with E-state index in [0.717, 1.165) is 0 Å². The molecule has 0 atom stereocenters. The van der Waals surface area contributed by atoms with Crippen molar-refractivity contribution >= 4 is 29.6 Å². The van der Waals surface area contributed by atoms with Crippen molar-refractivity contribution in [2.75, 3.05) is 18.1 Å². The Kier molecular flexibility index (Phi) is 5.46. The van der Waals surface area contributed by atoms with E-state index in [2.05, 4.69) is 0 Å². The summed E-state index contributed by atoms with van der Waals surface area (Å²) in [6.07, 6.45) is 0. The summed E-state index contributed by atoms with van der Waals surface area (Å²) < 4.78 is 50.8. The van der Waals surface area contributed by atoms with E-state index in [4.69, 9.17) is 15.4 Å². The molecular weight excluding hydrogens is 324 g/mol. The highest BCUT2D eigenvalue weighted by Gasteiger charge is 2.17. The van der Waals surface area contributed by atoms with Gasteiger partial charge in [0, 0.05) is 16.4 Å².